The predicted molar refractivity (Wildman–Crippen MR) is 79.0 cm³/mol. The van der Waals surface area contributed by atoms with E-state index in [9.17, 15) is 4.39 Å². The second kappa shape index (κ2) is 7.20. The van der Waals surface area contributed by atoms with Crippen molar-refractivity contribution in [2.75, 3.05) is 6.54 Å². The van der Waals surface area contributed by atoms with Crippen molar-refractivity contribution in [2.24, 2.45) is 7.05 Å². The van der Waals surface area contributed by atoms with Crippen molar-refractivity contribution in [1.82, 2.24) is 15.1 Å². The van der Waals surface area contributed by atoms with Gasteiger partial charge >= 0.3 is 0 Å². The lowest BCUT2D eigenvalue weighted by molar-refractivity contribution is 0.473. The largest absolute Gasteiger partial charge is 0.310 e. The highest BCUT2D eigenvalue weighted by molar-refractivity contribution is 5.21. The first-order valence-electron chi connectivity index (χ1n) is 7.16. The summed E-state index contributed by atoms with van der Waals surface area (Å²) in [5.74, 6) is -0.132. The molecule has 1 atom stereocenters. The van der Waals surface area contributed by atoms with Crippen LogP contribution in [-0.4, -0.2) is 16.3 Å². The molecule has 0 amide bonds. The number of benzene rings is 1. The number of hydrogen-bond acceptors (Lipinski definition) is 2. The van der Waals surface area contributed by atoms with Crippen molar-refractivity contribution < 1.29 is 4.39 Å². The van der Waals surface area contributed by atoms with Gasteiger partial charge in [0, 0.05) is 24.8 Å². The van der Waals surface area contributed by atoms with E-state index in [1.165, 1.54) is 11.6 Å². The number of nitrogens with one attached hydrogen (secondary N) is 1. The van der Waals surface area contributed by atoms with Crippen LogP contribution in [0.2, 0.25) is 0 Å². The molecule has 0 aliphatic carbocycles. The highest BCUT2D eigenvalue weighted by atomic mass is 19.1. The van der Waals surface area contributed by atoms with Gasteiger partial charge in [-0.15, -0.1) is 0 Å². The molecule has 0 bridgehead atoms. The second-order valence-electron chi connectivity index (χ2n) is 5.09. The Bertz CT molecular complexity index is 536. The fraction of sp³-hybridized carbons (Fsp3) is 0.438. The van der Waals surface area contributed by atoms with Crippen LogP contribution in [0.15, 0.2) is 36.7 Å². The number of halogens is 1. The maximum atomic E-state index is 13.9. The van der Waals surface area contributed by atoms with Crippen LogP contribution in [0.5, 0.6) is 0 Å². The lowest BCUT2D eigenvalue weighted by Crippen LogP contribution is -2.23. The molecule has 108 valence electrons. The van der Waals surface area contributed by atoms with Gasteiger partial charge < -0.3 is 5.32 Å². The van der Waals surface area contributed by atoms with E-state index < -0.39 is 0 Å². The van der Waals surface area contributed by atoms with Gasteiger partial charge in [-0.3, -0.25) is 4.68 Å². The molecule has 1 heterocycles. The van der Waals surface area contributed by atoms with Gasteiger partial charge in [-0.2, -0.15) is 5.10 Å². The van der Waals surface area contributed by atoms with Crippen LogP contribution < -0.4 is 5.32 Å². The third kappa shape index (κ3) is 3.90. The van der Waals surface area contributed by atoms with Crippen LogP contribution in [0.3, 0.4) is 0 Å². The molecular weight excluding hydrogens is 253 g/mol. The number of nitrogens with zero attached hydrogens (tertiary/aromatic N) is 2. The molecule has 2 rings (SSSR count). The van der Waals surface area contributed by atoms with Crippen molar-refractivity contribution >= 4 is 0 Å². The minimum absolute atomic E-state index is 0.0522. The number of hydrogen-bond donors (Lipinski definition) is 1. The molecule has 20 heavy (non-hydrogen) atoms. The van der Waals surface area contributed by atoms with Crippen LogP contribution in [0, 0.1) is 5.82 Å². The molecule has 1 aromatic carbocycles. The van der Waals surface area contributed by atoms with Gasteiger partial charge in [0.2, 0.25) is 0 Å². The first-order valence-corrected chi connectivity index (χ1v) is 7.16. The van der Waals surface area contributed by atoms with Crippen LogP contribution in [0.4, 0.5) is 4.39 Å². The van der Waals surface area contributed by atoms with Crippen LogP contribution in [-0.2, 0) is 13.5 Å². The third-order valence-electron chi connectivity index (χ3n) is 3.40. The summed E-state index contributed by atoms with van der Waals surface area (Å²) in [6.45, 7) is 3.01. The van der Waals surface area contributed by atoms with E-state index in [0.29, 0.717) is 0 Å². The summed E-state index contributed by atoms with van der Waals surface area (Å²) >= 11 is 0. The summed E-state index contributed by atoms with van der Waals surface area (Å²) < 4.78 is 15.7. The van der Waals surface area contributed by atoms with Crippen molar-refractivity contribution in [3.05, 3.63) is 53.6 Å². The number of rotatable bonds is 7. The Labute approximate surface area is 119 Å². The lowest BCUT2D eigenvalue weighted by atomic mass is 9.99. The summed E-state index contributed by atoms with van der Waals surface area (Å²) in [5.41, 5.74) is 1.94. The summed E-state index contributed by atoms with van der Waals surface area (Å²) in [6.07, 6.45) is 6.69. The SMILES string of the molecule is CCCNC(CCc1cnn(C)c1)c1ccccc1F. The Balaban J connectivity index is 2.05. The first-order chi connectivity index (χ1) is 9.70. The van der Waals surface area contributed by atoms with Crippen LogP contribution in [0.1, 0.15) is 36.9 Å². The standard InChI is InChI=1S/C16H22FN3/c1-3-10-18-16(14-6-4-5-7-15(14)17)9-8-13-11-19-20(2)12-13/h4-7,11-12,16,18H,3,8-10H2,1-2H3. The molecule has 0 fully saturated rings. The molecule has 4 heteroatoms. The molecule has 1 N–H and O–H groups in total. The second-order valence-corrected chi connectivity index (χ2v) is 5.09. The van der Waals surface area contributed by atoms with Gasteiger partial charge in [0.05, 0.1) is 6.20 Å². The van der Waals surface area contributed by atoms with Gasteiger partial charge in [-0.05, 0) is 37.4 Å². The average Bonchev–Trinajstić information content (AvgIpc) is 2.86. The Morgan fingerprint density at radius 3 is 2.80 bits per heavy atom. The normalized spacial score (nSPS) is 12.6. The Hall–Kier alpha value is -1.68. The maximum Gasteiger partial charge on any atom is 0.127 e. The van der Waals surface area contributed by atoms with Gasteiger partial charge in [-0.1, -0.05) is 25.1 Å². The minimum Gasteiger partial charge on any atom is -0.310 e. The fourth-order valence-corrected chi connectivity index (χ4v) is 2.36. The Kier molecular flexibility index (Phi) is 5.30. The number of aryl methyl sites for hydroxylation is 2. The lowest BCUT2D eigenvalue weighted by Gasteiger charge is -2.19. The van der Waals surface area contributed by atoms with E-state index in [0.717, 1.165) is 31.4 Å². The van der Waals surface area contributed by atoms with Crippen molar-refractivity contribution in [1.29, 1.82) is 0 Å². The van der Waals surface area contributed by atoms with E-state index in [-0.39, 0.29) is 11.9 Å². The molecule has 0 aliphatic heterocycles. The van der Waals surface area contributed by atoms with Gasteiger partial charge in [0.25, 0.3) is 0 Å². The highest BCUT2D eigenvalue weighted by Crippen LogP contribution is 2.22. The van der Waals surface area contributed by atoms with E-state index in [1.54, 1.807) is 10.7 Å². The topological polar surface area (TPSA) is 29.9 Å². The summed E-state index contributed by atoms with van der Waals surface area (Å²) in [4.78, 5) is 0. The zero-order valence-corrected chi connectivity index (χ0v) is 12.1. The molecule has 0 saturated carbocycles. The highest BCUT2D eigenvalue weighted by Gasteiger charge is 2.14. The van der Waals surface area contributed by atoms with Crippen molar-refractivity contribution in [2.45, 2.75) is 32.2 Å². The van der Waals surface area contributed by atoms with E-state index in [2.05, 4.69) is 17.3 Å². The molecule has 0 spiro atoms. The molecule has 2 aromatic rings. The quantitative estimate of drug-likeness (QED) is 0.840. The molecule has 0 radical (unpaired) electrons. The van der Waals surface area contributed by atoms with E-state index >= 15 is 0 Å². The molecule has 0 saturated heterocycles. The predicted octanol–water partition coefficient (Wildman–Crippen LogP) is 3.23. The van der Waals surface area contributed by atoms with Crippen LogP contribution >= 0.6 is 0 Å². The van der Waals surface area contributed by atoms with Gasteiger partial charge in [0.15, 0.2) is 0 Å². The van der Waals surface area contributed by atoms with Crippen molar-refractivity contribution in [3.8, 4) is 0 Å². The maximum absolute atomic E-state index is 13.9. The molecule has 1 aromatic heterocycles. The summed E-state index contributed by atoms with van der Waals surface area (Å²) in [6, 6.07) is 7.07. The molecular formula is C16H22FN3. The zero-order chi connectivity index (χ0) is 14.4. The first kappa shape index (κ1) is 14.7. The molecule has 3 nitrogen and oxygen atoms in total. The van der Waals surface area contributed by atoms with Crippen LogP contribution in [0.25, 0.3) is 0 Å². The number of aromatic nitrogens is 2. The Morgan fingerprint density at radius 1 is 1.35 bits per heavy atom. The van der Waals surface area contributed by atoms with Gasteiger partial charge in [0.1, 0.15) is 5.82 Å². The average molecular weight is 275 g/mol. The summed E-state index contributed by atoms with van der Waals surface area (Å²) in [5, 5.41) is 7.61. The summed E-state index contributed by atoms with van der Waals surface area (Å²) in [7, 11) is 1.91. The van der Waals surface area contributed by atoms with E-state index in [1.807, 2.05) is 31.6 Å². The van der Waals surface area contributed by atoms with Crippen molar-refractivity contribution in [3.63, 3.8) is 0 Å². The smallest absolute Gasteiger partial charge is 0.127 e. The van der Waals surface area contributed by atoms with Gasteiger partial charge in [-0.25, -0.2) is 4.39 Å². The fourth-order valence-electron chi connectivity index (χ4n) is 2.36. The zero-order valence-electron chi connectivity index (χ0n) is 12.1. The Morgan fingerprint density at radius 2 is 2.15 bits per heavy atom. The van der Waals surface area contributed by atoms with E-state index in [4.69, 9.17) is 0 Å². The minimum atomic E-state index is -0.132. The monoisotopic (exact) mass is 275 g/mol. The molecule has 1 unspecified atom stereocenters. The third-order valence-corrected chi connectivity index (χ3v) is 3.40. The molecule has 0 aliphatic rings.